The average Bonchev–Trinajstić information content (AvgIpc) is 2.70. The van der Waals surface area contributed by atoms with Gasteiger partial charge in [-0.05, 0) is 42.8 Å². The van der Waals surface area contributed by atoms with Crippen LogP contribution in [0.5, 0.6) is 0 Å². The molecule has 9 heteroatoms. The maximum Gasteiger partial charge on any atom is 0.407 e. The van der Waals surface area contributed by atoms with E-state index in [2.05, 4.69) is 26.6 Å². The summed E-state index contributed by atoms with van der Waals surface area (Å²) in [5.41, 5.74) is 3.32. The number of urea groups is 1. The molecule has 2 heterocycles. The van der Waals surface area contributed by atoms with E-state index in [4.69, 9.17) is 5.11 Å². The molecule has 1 aliphatic heterocycles. The highest BCUT2D eigenvalue weighted by Crippen LogP contribution is 2.19. The molecule has 1 aliphatic rings. The van der Waals surface area contributed by atoms with Crippen LogP contribution in [-0.2, 0) is 6.54 Å². The second kappa shape index (κ2) is 9.03. The molecule has 1 aromatic carbocycles. The first-order valence-corrected chi connectivity index (χ1v) is 9.18. The maximum absolute atomic E-state index is 12.2. The Hall–Kier alpha value is -3.64. The summed E-state index contributed by atoms with van der Waals surface area (Å²) < 4.78 is 0. The Bertz CT molecular complexity index is 930. The second-order valence-corrected chi connectivity index (χ2v) is 6.80. The van der Waals surface area contributed by atoms with Crippen LogP contribution >= 0.6 is 0 Å². The van der Waals surface area contributed by atoms with Crippen molar-refractivity contribution in [1.29, 1.82) is 5.26 Å². The van der Waals surface area contributed by atoms with Crippen LogP contribution in [0.2, 0.25) is 0 Å². The Morgan fingerprint density at radius 1 is 1.14 bits per heavy atom. The Morgan fingerprint density at radius 2 is 1.83 bits per heavy atom. The average molecular weight is 394 g/mol. The number of rotatable bonds is 4. The highest BCUT2D eigenvalue weighted by atomic mass is 16.4. The normalized spacial score (nSPS) is 14.1. The minimum atomic E-state index is -0.914. The first-order chi connectivity index (χ1) is 13.9. The van der Waals surface area contributed by atoms with Crippen LogP contribution < -0.4 is 10.6 Å². The highest BCUT2D eigenvalue weighted by Gasteiger charge is 2.21. The second-order valence-electron chi connectivity index (χ2n) is 6.80. The van der Waals surface area contributed by atoms with Crippen molar-refractivity contribution in [3.63, 3.8) is 0 Å². The van der Waals surface area contributed by atoms with Gasteiger partial charge in [-0.1, -0.05) is 0 Å². The molecule has 0 unspecified atom stereocenters. The molecule has 3 rings (SSSR count). The summed E-state index contributed by atoms with van der Waals surface area (Å²) in [6.45, 7) is 4.43. The van der Waals surface area contributed by atoms with Gasteiger partial charge >= 0.3 is 12.1 Å². The number of hydrogen-bond donors (Lipinski definition) is 3. The Morgan fingerprint density at radius 3 is 2.45 bits per heavy atom. The van der Waals surface area contributed by atoms with Gasteiger partial charge in [-0.3, -0.25) is 9.88 Å². The van der Waals surface area contributed by atoms with Gasteiger partial charge in [0, 0.05) is 44.1 Å². The number of nitrogens with one attached hydrogen (secondary N) is 2. The largest absolute Gasteiger partial charge is 0.465 e. The molecule has 9 nitrogen and oxygen atoms in total. The lowest BCUT2D eigenvalue weighted by atomic mass is 10.1. The number of piperazine rings is 1. The lowest BCUT2D eigenvalue weighted by molar-refractivity contribution is 0.103. The topological polar surface area (TPSA) is 122 Å². The van der Waals surface area contributed by atoms with E-state index in [0.29, 0.717) is 49.7 Å². The van der Waals surface area contributed by atoms with Crippen LogP contribution in [0.15, 0.2) is 36.5 Å². The number of anilines is 2. The van der Waals surface area contributed by atoms with Crippen molar-refractivity contribution in [3.8, 4) is 6.07 Å². The van der Waals surface area contributed by atoms with E-state index in [9.17, 15) is 14.9 Å². The molecule has 0 saturated carbocycles. The standard InChI is InChI=1S/C20H22N6O3/c1-14-2-4-18(12-22-14)24-19(27)23-17-5-3-15(11-21)16(10-17)13-25-6-8-26(9-7-25)20(28)29/h2-5,10,12H,6-9,13H2,1H3,(H,28,29)(H2,23,24,27). The smallest absolute Gasteiger partial charge is 0.407 e. The molecular formula is C20H22N6O3. The molecule has 3 N–H and O–H groups in total. The van der Waals surface area contributed by atoms with Crippen molar-refractivity contribution in [2.45, 2.75) is 13.5 Å². The number of aryl methyl sites for hydroxylation is 1. The van der Waals surface area contributed by atoms with Crippen molar-refractivity contribution in [3.05, 3.63) is 53.3 Å². The van der Waals surface area contributed by atoms with Gasteiger partial charge in [0.1, 0.15) is 0 Å². The van der Waals surface area contributed by atoms with Crippen molar-refractivity contribution in [2.24, 2.45) is 0 Å². The molecule has 2 aromatic rings. The van der Waals surface area contributed by atoms with Crippen LogP contribution in [0.4, 0.5) is 21.0 Å². The van der Waals surface area contributed by atoms with Crippen molar-refractivity contribution < 1.29 is 14.7 Å². The van der Waals surface area contributed by atoms with Crippen LogP contribution in [0.25, 0.3) is 0 Å². The molecule has 0 radical (unpaired) electrons. The maximum atomic E-state index is 12.2. The van der Waals surface area contributed by atoms with Gasteiger partial charge in [0.2, 0.25) is 0 Å². The fourth-order valence-corrected chi connectivity index (χ4v) is 3.08. The number of carboxylic acid groups (broad SMARTS) is 1. The molecular weight excluding hydrogens is 372 g/mol. The van der Waals surface area contributed by atoms with Gasteiger partial charge in [0.25, 0.3) is 0 Å². The zero-order valence-corrected chi connectivity index (χ0v) is 16.1. The molecule has 0 atom stereocenters. The fourth-order valence-electron chi connectivity index (χ4n) is 3.08. The molecule has 1 aromatic heterocycles. The summed E-state index contributed by atoms with van der Waals surface area (Å²) in [7, 11) is 0. The van der Waals surface area contributed by atoms with E-state index in [0.717, 1.165) is 11.3 Å². The summed E-state index contributed by atoms with van der Waals surface area (Å²) in [5, 5.41) is 23.9. The number of pyridine rings is 1. The number of nitrogens with zero attached hydrogens (tertiary/aromatic N) is 4. The summed E-state index contributed by atoms with van der Waals surface area (Å²) in [5.74, 6) is 0. The van der Waals surface area contributed by atoms with Crippen molar-refractivity contribution >= 4 is 23.5 Å². The molecule has 3 amide bonds. The van der Waals surface area contributed by atoms with Crippen LogP contribution in [0.3, 0.4) is 0 Å². The van der Waals surface area contributed by atoms with E-state index >= 15 is 0 Å². The van der Waals surface area contributed by atoms with Crippen LogP contribution in [0.1, 0.15) is 16.8 Å². The fraction of sp³-hybridized carbons (Fsp3) is 0.300. The molecule has 0 spiro atoms. The predicted molar refractivity (Wildman–Crippen MR) is 108 cm³/mol. The van der Waals surface area contributed by atoms with Crippen LogP contribution in [-0.4, -0.2) is 58.2 Å². The van der Waals surface area contributed by atoms with Gasteiger partial charge in [0.05, 0.1) is 23.5 Å². The van der Waals surface area contributed by atoms with Gasteiger partial charge in [-0.15, -0.1) is 0 Å². The van der Waals surface area contributed by atoms with Crippen molar-refractivity contribution in [1.82, 2.24) is 14.8 Å². The van der Waals surface area contributed by atoms with Gasteiger partial charge in [-0.25, -0.2) is 9.59 Å². The first kappa shape index (κ1) is 20.1. The zero-order valence-electron chi connectivity index (χ0n) is 16.1. The molecule has 150 valence electrons. The van der Waals surface area contributed by atoms with E-state index < -0.39 is 12.1 Å². The molecule has 29 heavy (non-hydrogen) atoms. The van der Waals surface area contributed by atoms with Gasteiger partial charge < -0.3 is 20.6 Å². The Labute approximate surface area is 168 Å². The number of carbonyl (C=O) groups is 2. The van der Waals surface area contributed by atoms with E-state index in [1.165, 1.54) is 4.90 Å². The van der Waals surface area contributed by atoms with Crippen molar-refractivity contribution in [2.75, 3.05) is 36.8 Å². The number of nitriles is 1. The highest BCUT2D eigenvalue weighted by molar-refractivity contribution is 5.99. The monoisotopic (exact) mass is 394 g/mol. The number of aromatic nitrogens is 1. The molecule has 1 saturated heterocycles. The van der Waals surface area contributed by atoms with Crippen LogP contribution in [0, 0.1) is 18.3 Å². The summed E-state index contributed by atoms with van der Waals surface area (Å²) in [4.78, 5) is 30.9. The lowest BCUT2D eigenvalue weighted by Crippen LogP contribution is -2.47. The minimum Gasteiger partial charge on any atom is -0.465 e. The number of benzene rings is 1. The number of carbonyl (C=O) groups excluding carboxylic acids is 1. The van der Waals surface area contributed by atoms with E-state index in [1.807, 2.05) is 6.92 Å². The predicted octanol–water partition coefficient (Wildman–Crippen LogP) is 2.70. The molecule has 0 aliphatic carbocycles. The summed E-state index contributed by atoms with van der Waals surface area (Å²) in [6, 6.07) is 10.5. The number of hydrogen-bond acceptors (Lipinski definition) is 5. The van der Waals surface area contributed by atoms with E-state index in [1.54, 1.807) is 36.5 Å². The van der Waals surface area contributed by atoms with E-state index in [-0.39, 0.29) is 0 Å². The minimum absolute atomic E-state index is 0.401. The Balaban J connectivity index is 1.64. The molecule has 1 fully saturated rings. The summed E-state index contributed by atoms with van der Waals surface area (Å²) >= 11 is 0. The van der Waals surface area contributed by atoms with Gasteiger partial charge in [0.15, 0.2) is 0 Å². The third kappa shape index (κ3) is 5.43. The summed E-state index contributed by atoms with van der Waals surface area (Å²) in [6.07, 6.45) is 0.666. The Kier molecular flexibility index (Phi) is 6.26. The van der Waals surface area contributed by atoms with Gasteiger partial charge in [-0.2, -0.15) is 5.26 Å². The first-order valence-electron chi connectivity index (χ1n) is 9.18. The molecule has 0 bridgehead atoms. The SMILES string of the molecule is Cc1ccc(NC(=O)Nc2ccc(C#N)c(CN3CCN(C(=O)O)CC3)c2)cn1. The quantitative estimate of drug-likeness (QED) is 0.733. The number of amides is 3. The third-order valence-corrected chi connectivity index (χ3v) is 4.69. The zero-order chi connectivity index (χ0) is 20.8. The third-order valence-electron chi connectivity index (χ3n) is 4.69. The lowest BCUT2D eigenvalue weighted by Gasteiger charge is -2.33.